The second kappa shape index (κ2) is 5.73. The van der Waals surface area contributed by atoms with Crippen LogP contribution in [-0.4, -0.2) is 10.9 Å². The molecule has 1 heterocycles. The molecule has 3 nitrogen and oxygen atoms in total. The molecule has 0 aliphatic rings. The predicted octanol–water partition coefficient (Wildman–Crippen LogP) is 4.97. The Morgan fingerprint density at radius 1 is 1.19 bits per heavy atom. The van der Waals surface area contributed by atoms with Crippen molar-refractivity contribution in [3.63, 3.8) is 0 Å². The summed E-state index contributed by atoms with van der Waals surface area (Å²) in [5, 5.41) is 1.00. The number of carbonyl (C=O) groups is 1. The van der Waals surface area contributed by atoms with Gasteiger partial charge >= 0.3 is 0 Å². The van der Waals surface area contributed by atoms with Crippen molar-refractivity contribution in [2.24, 2.45) is 0 Å². The molecule has 21 heavy (non-hydrogen) atoms. The molecule has 0 saturated carbocycles. The molecule has 0 aliphatic heterocycles. The van der Waals surface area contributed by atoms with Crippen LogP contribution in [0.1, 0.15) is 12.5 Å². The monoisotopic (exact) mass is 408 g/mol. The highest BCUT2D eigenvalue weighted by atomic mass is 127. The Morgan fingerprint density at radius 2 is 1.90 bits per heavy atom. The number of fused-ring (bicyclic) bond motifs is 1. The minimum absolute atomic E-state index is 0.0128. The highest BCUT2D eigenvalue weighted by molar-refractivity contribution is 14.1. The molecule has 0 radical (unpaired) electrons. The molecule has 0 N–H and O–H groups in total. The van der Waals surface area contributed by atoms with E-state index in [2.05, 4.69) is 30.1 Å². The van der Waals surface area contributed by atoms with Gasteiger partial charge in [0.2, 0.25) is 5.91 Å². The van der Waals surface area contributed by atoms with E-state index in [1.807, 2.05) is 47.1 Å². The van der Waals surface area contributed by atoms with Crippen LogP contribution in [0.5, 0.6) is 0 Å². The first kappa shape index (κ1) is 14.5. The zero-order valence-corrected chi connectivity index (χ0v) is 14.6. The van der Waals surface area contributed by atoms with Gasteiger partial charge < -0.3 is 0 Å². The summed E-state index contributed by atoms with van der Waals surface area (Å²) in [6.45, 7) is 3.64. The van der Waals surface area contributed by atoms with Gasteiger partial charge in [-0.1, -0.05) is 6.07 Å². The van der Waals surface area contributed by atoms with Crippen molar-refractivity contribution in [2.45, 2.75) is 13.8 Å². The lowest BCUT2D eigenvalue weighted by atomic mass is 10.2. The molecule has 0 unspecified atom stereocenters. The van der Waals surface area contributed by atoms with Crippen molar-refractivity contribution in [2.75, 3.05) is 3.11 Å². The van der Waals surface area contributed by atoms with Gasteiger partial charge in [0, 0.05) is 12.5 Å². The number of halogens is 1. The van der Waals surface area contributed by atoms with E-state index in [0.717, 1.165) is 21.8 Å². The summed E-state index contributed by atoms with van der Waals surface area (Å²) in [6, 6.07) is 14.2. The number of hydrogen-bond acceptors (Lipinski definition) is 3. The number of nitrogens with zero attached hydrogens (tertiary/aromatic N) is 2. The van der Waals surface area contributed by atoms with Crippen molar-refractivity contribution in [3.05, 3.63) is 48.0 Å². The Morgan fingerprint density at radius 3 is 2.57 bits per heavy atom. The summed E-state index contributed by atoms with van der Waals surface area (Å²) in [6.07, 6.45) is 0. The van der Waals surface area contributed by atoms with Gasteiger partial charge in [0.25, 0.3) is 0 Å². The Bertz CT molecular complexity index is 811. The largest absolute Gasteiger partial charge is 0.274 e. The zero-order valence-electron chi connectivity index (χ0n) is 11.6. The third kappa shape index (κ3) is 2.94. The van der Waals surface area contributed by atoms with Crippen LogP contribution in [0.4, 0.5) is 5.69 Å². The lowest BCUT2D eigenvalue weighted by Gasteiger charge is -2.11. The number of aryl methyl sites for hydroxylation is 1. The number of rotatable bonds is 2. The van der Waals surface area contributed by atoms with Crippen molar-refractivity contribution >= 4 is 56.0 Å². The second-order valence-corrected chi connectivity index (χ2v) is 6.83. The normalized spacial score (nSPS) is 10.8. The average molecular weight is 408 g/mol. The van der Waals surface area contributed by atoms with Gasteiger partial charge in [-0.2, -0.15) is 0 Å². The van der Waals surface area contributed by atoms with Gasteiger partial charge in [-0.25, -0.2) is 4.98 Å². The lowest BCUT2D eigenvalue weighted by molar-refractivity contribution is -0.115. The van der Waals surface area contributed by atoms with E-state index >= 15 is 0 Å². The molecule has 0 fully saturated rings. The number of hydrogen-bond donors (Lipinski definition) is 0. The van der Waals surface area contributed by atoms with E-state index in [0.29, 0.717) is 0 Å². The fraction of sp³-hybridized carbons (Fsp3) is 0.125. The van der Waals surface area contributed by atoms with E-state index in [-0.39, 0.29) is 5.91 Å². The van der Waals surface area contributed by atoms with Crippen LogP contribution in [-0.2, 0) is 4.79 Å². The molecule has 0 aliphatic carbocycles. The molecule has 2 aromatic carbocycles. The molecule has 0 atom stereocenters. The summed E-state index contributed by atoms with van der Waals surface area (Å²) in [7, 11) is 0. The molecule has 5 heteroatoms. The summed E-state index contributed by atoms with van der Waals surface area (Å²) in [5.74, 6) is 0.0128. The average Bonchev–Trinajstić information content (AvgIpc) is 2.89. The highest BCUT2D eigenvalue weighted by Crippen LogP contribution is 2.32. The number of thiazole rings is 1. The highest BCUT2D eigenvalue weighted by Gasteiger charge is 2.10. The third-order valence-corrected chi connectivity index (χ3v) is 5.47. The zero-order chi connectivity index (χ0) is 15.0. The molecular formula is C16H13IN2OS. The minimum Gasteiger partial charge on any atom is -0.274 e. The van der Waals surface area contributed by atoms with Crippen LogP contribution < -0.4 is 3.11 Å². The smallest absolute Gasteiger partial charge is 0.232 e. The summed E-state index contributed by atoms with van der Waals surface area (Å²) in [5.41, 5.74) is 4.23. The van der Waals surface area contributed by atoms with E-state index in [1.165, 1.54) is 10.3 Å². The van der Waals surface area contributed by atoms with Gasteiger partial charge in [-0.05, 0) is 48.9 Å². The standard InChI is InChI=1S/C16H13IN2OS/c1-10-3-8-14-15(9-10)21-16(18-14)12-4-6-13(7-5-12)19(17)11(2)20/h3-9H,1-2H3. The number of carbonyl (C=O) groups excluding carboxylic acids is 1. The molecule has 3 aromatic rings. The van der Waals surface area contributed by atoms with Gasteiger partial charge in [0.1, 0.15) is 5.01 Å². The van der Waals surface area contributed by atoms with Gasteiger partial charge in [0.05, 0.1) is 38.8 Å². The van der Waals surface area contributed by atoms with Gasteiger partial charge in [0.15, 0.2) is 0 Å². The third-order valence-electron chi connectivity index (χ3n) is 3.16. The van der Waals surface area contributed by atoms with Crippen LogP contribution in [0.3, 0.4) is 0 Å². The van der Waals surface area contributed by atoms with Crippen molar-refractivity contribution in [1.29, 1.82) is 0 Å². The molecule has 1 aromatic heterocycles. The first-order chi connectivity index (χ1) is 10.0. The lowest BCUT2D eigenvalue weighted by Crippen LogP contribution is -2.15. The molecular weight excluding hydrogens is 395 g/mol. The molecule has 1 amide bonds. The van der Waals surface area contributed by atoms with Crippen LogP contribution in [0.25, 0.3) is 20.8 Å². The first-order valence-corrected chi connectivity index (χ1v) is 8.27. The maximum Gasteiger partial charge on any atom is 0.232 e. The van der Waals surface area contributed by atoms with E-state index in [4.69, 9.17) is 0 Å². The number of amides is 1. The van der Waals surface area contributed by atoms with Crippen molar-refractivity contribution < 1.29 is 4.79 Å². The Balaban J connectivity index is 1.97. The Labute approximate surface area is 141 Å². The Hall–Kier alpha value is -1.47. The van der Waals surface area contributed by atoms with Crippen LogP contribution >= 0.6 is 34.2 Å². The van der Waals surface area contributed by atoms with Gasteiger partial charge in [-0.15, -0.1) is 11.3 Å². The van der Waals surface area contributed by atoms with Crippen molar-refractivity contribution in [3.8, 4) is 10.6 Å². The SMILES string of the molecule is CC(=O)N(I)c1ccc(-c2nc3ccc(C)cc3s2)cc1. The fourth-order valence-corrected chi connectivity index (χ4v) is 3.46. The molecule has 0 saturated heterocycles. The summed E-state index contributed by atoms with van der Waals surface area (Å²) in [4.78, 5) is 16.0. The first-order valence-electron chi connectivity index (χ1n) is 6.49. The fourth-order valence-electron chi connectivity index (χ4n) is 2.07. The maximum absolute atomic E-state index is 11.4. The van der Waals surface area contributed by atoms with Crippen LogP contribution in [0, 0.1) is 6.92 Å². The molecule has 3 rings (SSSR count). The van der Waals surface area contributed by atoms with Crippen LogP contribution in [0.15, 0.2) is 42.5 Å². The predicted molar refractivity (Wildman–Crippen MR) is 97.0 cm³/mol. The van der Waals surface area contributed by atoms with E-state index in [1.54, 1.807) is 21.4 Å². The quantitative estimate of drug-likeness (QED) is 0.443. The summed E-state index contributed by atoms with van der Waals surface area (Å²) < 4.78 is 2.80. The topological polar surface area (TPSA) is 33.2 Å². The van der Waals surface area contributed by atoms with E-state index in [9.17, 15) is 4.79 Å². The van der Waals surface area contributed by atoms with E-state index < -0.39 is 0 Å². The number of anilines is 1. The maximum atomic E-state index is 11.4. The minimum atomic E-state index is 0.0128. The molecule has 106 valence electrons. The Kier molecular flexibility index (Phi) is 3.95. The van der Waals surface area contributed by atoms with Crippen LogP contribution in [0.2, 0.25) is 0 Å². The number of benzene rings is 2. The van der Waals surface area contributed by atoms with Gasteiger partial charge in [-0.3, -0.25) is 7.91 Å². The number of aromatic nitrogens is 1. The second-order valence-electron chi connectivity index (χ2n) is 4.84. The van der Waals surface area contributed by atoms with Crippen molar-refractivity contribution in [1.82, 2.24) is 4.98 Å². The molecule has 0 spiro atoms. The molecule has 0 bridgehead atoms. The summed E-state index contributed by atoms with van der Waals surface area (Å²) >= 11 is 3.70.